The van der Waals surface area contributed by atoms with Gasteiger partial charge in [-0.25, -0.2) is 4.79 Å². The Morgan fingerprint density at radius 3 is 2.52 bits per heavy atom. The smallest absolute Gasteiger partial charge is 0.337 e. The molecule has 5 unspecified atom stereocenters. The number of nitrogens with zero attached hydrogens (tertiary/aromatic N) is 1. The van der Waals surface area contributed by atoms with Crippen LogP contribution in [0, 0.1) is 10.1 Å². The Balaban J connectivity index is 2.27. The third-order valence-corrected chi connectivity index (χ3v) is 3.58. The molecule has 136 valence electrons. The standard InChI is InChI=1S/C14H15NO10/c1-23-13(20)12-10(18)9(17)11(19)14(25-12)24-8-3-2-7(15(21)22)4-6(8)5-16/h2-5,9-12,14,17-19H,1H3. The van der Waals surface area contributed by atoms with Crippen molar-refractivity contribution in [1.82, 2.24) is 0 Å². The van der Waals surface area contributed by atoms with Gasteiger partial charge >= 0.3 is 5.97 Å². The fourth-order valence-corrected chi connectivity index (χ4v) is 2.23. The molecule has 0 aromatic heterocycles. The fourth-order valence-electron chi connectivity index (χ4n) is 2.23. The second-order valence-electron chi connectivity index (χ2n) is 5.13. The number of nitro groups is 1. The minimum absolute atomic E-state index is 0.183. The molecule has 0 radical (unpaired) electrons. The van der Waals surface area contributed by atoms with Gasteiger partial charge in [0.05, 0.1) is 17.6 Å². The van der Waals surface area contributed by atoms with E-state index in [1.165, 1.54) is 0 Å². The van der Waals surface area contributed by atoms with Crippen molar-refractivity contribution in [2.75, 3.05) is 7.11 Å². The van der Waals surface area contributed by atoms with E-state index in [0.29, 0.717) is 6.29 Å². The van der Waals surface area contributed by atoms with Gasteiger partial charge in [-0.1, -0.05) is 0 Å². The summed E-state index contributed by atoms with van der Waals surface area (Å²) in [5.74, 6) is -1.19. The van der Waals surface area contributed by atoms with E-state index in [2.05, 4.69) is 4.74 Å². The van der Waals surface area contributed by atoms with E-state index in [1.807, 2.05) is 0 Å². The van der Waals surface area contributed by atoms with Crippen LogP contribution >= 0.6 is 0 Å². The molecule has 2 rings (SSSR count). The van der Waals surface area contributed by atoms with Gasteiger partial charge in [0.2, 0.25) is 6.29 Å². The number of nitro benzene ring substituents is 1. The van der Waals surface area contributed by atoms with Gasteiger partial charge in [-0.3, -0.25) is 14.9 Å². The third kappa shape index (κ3) is 3.74. The van der Waals surface area contributed by atoms with Crippen molar-refractivity contribution in [1.29, 1.82) is 0 Å². The Labute approximate surface area is 140 Å². The highest BCUT2D eigenvalue weighted by atomic mass is 16.7. The molecule has 11 nitrogen and oxygen atoms in total. The molecule has 0 amide bonds. The van der Waals surface area contributed by atoms with Crippen LogP contribution in [0.5, 0.6) is 5.75 Å². The highest BCUT2D eigenvalue weighted by Gasteiger charge is 2.48. The highest BCUT2D eigenvalue weighted by molar-refractivity contribution is 5.80. The molecule has 1 heterocycles. The number of aliphatic hydroxyl groups excluding tert-OH is 3. The van der Waals surface area contributed by atoms with Crippen LogP contribution in [-0.4, -0.2) is 70.3 Å². The van der Waals surface area contributed by atoms with Gasteiger partial charge in [0, 0.05) is 12.1 Å². The number of ether oxygens (including phenoxy) is 3. The largest absolute Gasteiger partial charge is 0.467 e. The summed E-state index contributed by atoms with van der Waals surface area (Å²) in [6.07, 6.45) is -8.29. The van der Waals surface area contributed by atoms with Gasteiger partial charge in [0.25, 0.3) is 5.69 Å². The van der Waals surface area contributed by atoms with Crippen LogP contribution in [0.2, 0.25) is 0 Å². The van der Waals surface area contributed by atoms with E-state index in [-0.39, 0.29) is 17.0 Å². The zero-order valence-electron chi connectivity index (χ0n) is 12.8. The van der Waals surface area contributed by atoms with E-state index in [9.17, 15) is 35.0 Å². The quantitative estimate of drug-likeness (QED) is 0.251. The number of aliphatic hydroxyl groups is 3. The highest BCUT2D eigenvalue weighted by Crippen LogP contribution is 2.28. The van der Waals surface area contributed by atoms with Gasteiger partial charge in [-0.15, -0.1) is 0 Å². The third-order valence-electron chi connectivity index (χ3n) is 3.58. The lowest BCUT2D eigenvalue weighted by Crippen LogP contribution is -2.61. The van der Waals surface area contributed by atoms with Crippen LogP contribution in [0.25, 0.3) is 0 Å². The molecule has 1 aromatic carbocycles. The minimum Gasteiger partial charge on any atom is -0.467 e. The number of hydrogen-bond acceptors (Lipinski definition) is 10. The molecule has 3 N–H and O–H groups in total. The van der Waals surface area contributed by atoms with Crippen molar-refractivity contribution in [3.63, 3.8) is 0 Å². The normalized spacial score (nSPS) is 28.9. The molecule has 11 heteroatoms. The van der Waals surface area contributed by atoms with E-state index in [4.69, 9.17) is 9.47 Å². The SMILES string of the molecule is COC(=O)C1OC(Oc2ccc([N+](=O)[O-])cc2C=O)C(O)C(O)C1O. The molecule has 0 aliphatic carbocycles. The first-order valence-electron chi connectivity index (χ1n) is 6.98. The molecule has 0 saturated carbocycles. The van der Waals surface area contributed by atoms with E-state index in [1.54, 1.807) is 0 Å². The number of carbonyl (C=O) groups excluding carboxylic acids is 2. The summed E-state index contributed by atoms with van der Waals surface area (Å²) in [6, 6.07) is 3.10. The zero-order valence-corrected chi connectivity index (χ0v) is 12.8. The van der Waals surface area contributed by atoms with Crippen molar-refractivity contribution in [3.8, 4) is 5.75 Å². The van der Waals surface area contributed by atoms with E-state index < -0.39 is 41.6 Å². The number of carbonyl (C=O) groups is 2. The Morgan fingerprint density at radius 1 is 1.28 bits per heavy atom. The number of esters is 1. The zero-order chi connectivity index (χ0) is 18.7. The van der Waals surface area contributed by atoms with Crippen LogP contribution in [0.3, 0.4) is 0 Å². The molecule has 1 fully saturated rings. The van der Waals surface area contributed by atoms with Crippen molar-refractivity contribution >= 4 is 17.9 Å². The van der Waals surface area contributed by atoms with Crippen LogP contribution < -0.4 is 4.74 Å². The molecular weight excluding hydrogens is 342 g/mol. The lowest BCUT2D eigenvalue weighted by molar-refractivity contribution is -0.384. The second-order valence-corrected chi connectivity index (χ2v) is 5.13. The predicted octanol–water partition coefficient (Wildman–Crippen LogP) is -1.23. The predicted molar refractivity (Wildman–Crippen MR) is 77.8 cm³/mol. The molecule has 1 aromatic rings. The maximum Gasteiger partial charge on any atom is 0.337 e. The van der Waals surface area contributed by atoms with Crippen LogP contribution in [0.4, 0.5) is 5.69 Å². The van der Waals surface area contributed by atoms with Gasteiger partial charge in [0.1, 0.15) is 24.1 Å². The molecule has 1 aliphatic heterocycles. The first kappa shape index (κ1) is 18.7. The molecule has 1 saturated heterocycles. The average Bonchev–Trinajstić information content (AvgIpc) is 2.61. The van der Waals surface area contributed by atoms with E-state index in [0.717, 1.165) is 25.3 Å². The monoisotopic (exact) mass is 357 g/mol. The summed E-state index contributed by atoms with van der Waals surface area (Å²) in [4.78, 5) is 32.7. The molecule has 0 spiro atoms. The Bertz CT molecular complexity index is 678. The molecule has 5 atom stereocenters. The Hall–Kier alpha value is -2.60. The summed E-state index contributed by atoms with van der Waals surface area (Å²) < 4.78 is 14.8. The Kier molecular flexibility index (Phi) is 5.64. The van der Waals surface area contributed by atoms with Gasteiger partial charge < -0.3 is 29.5 Å². The first-order chi connectivity index (χ1) is 11.8. The molecule has 25 heavy (non-hydrogen) atoms. The number of rotatable bonds is 5. The van der Waals surface area contributed by atoms with Gasteiger partial charge in [-0.2, -0.15) is 0 Å². The Morgan fingerprint density at radius 2 is 1.96 bits per heavy atom. The number of benzene rings is 1. The second kappa shape index (κ2) is 7.53. The molecule has 1 aliphatic rings. The summed E-state index contributed by atoms with van der Waals surface area (Å²) in [5, 5.41) is 40.3. The van der Waals surface area contributed by atoms with Crippen molar-refractivity contribution in [3.05, 3.63) is 33.9 Å². The number of hydrogen-bond donors (Lipinski definition) is 3. The number of non-ortho nitro benzene ring substituents is 1. The number of methoxy groups -OCH3 is 1. The molecular formula is C14H15NO10. The molecule has 0 bridgehead atoms. The average molecular weight is 357 g/mol. The van der Waals surface area contributed by atoms with Crippen LogP contribution in [0.1, 0.15) is 10.4 Å². The van der Waals surface area contributed by atoms with Crippen molar-refractivity contribution in [2.24, 2.45) is 0 Å². The number of aldehydes is 1. The summed E-state index contributed by atoms with van der Waals surface area (Å²) in [5.41, 5.74) is -0.567. The summed E-state index contributed by atoms with van der Waals surface area (Å²) in [6.45, 7) is 0. The first-order valence-corrected chi connectivity index (χ1v) is 6.98. The van der Waals surface area contributed by atoms with Crippen molar-refractivity contribution < 1.29 is 44.0 Å². The fraction of sp³-hybridized carbons (Fsp3) is 0.429. The maximum atomic E-state index is 11.6. The summed E-state index contributed by atoms with van der Waals surface area (Å²) in [7, 11) is 1.03. The van der Waals surface area contributed by atoms with Crippen LogP contribution in [-0.2, 0) is 14.3 Å². The lowest BCUT2D eigenvalue weighted by Gasteiger charge is -2.38. The minimum atomic E-state index is -1.79. The maximum absolute atomic E-state index is 11.6. The van der Waals surface area contributed by atoms with Gasteiger partial charge in [-0.05, 0) is 6.07 Å². The van der Waals surface area contributed by atoms with Crippen molar-refractivity contribution in [2.45, 2.75) is 30.7 Å². The van der Waals surface area contributed by atoms with Crippen LogP contribution in [0.15, 0.2) is 18.2 Å². The summed E-state index contributed by atoms with van der Waals surface area (Å²) >= 11 is 0. The van der Waals surface area contributed by atoms with Gasteiger partial charge in [0.15, 0.2) is 12.4 Å². The lowest BCUT2D eigenvalue weighted by atomic mass is 9.99. The topological polar surface area (TPSA) is 166 Å². The van der Waals surface area contributed by atoms with E-state index >= 15 is 0 Å².